The summed E-state index contributed by atoms with van der Waals surface area (Å²) in [5, 5.41) is 6.66. The summed E-state index contributed by atoms with van der Waals surface area (Å²) in [6.07, 6.45) is 2.31. The quantitative estimate of drug-likeness (QED) is 0.553. The average Bonchev–Trinajstić information content (AvgIpc) is 3.70. The van der Waals surface area contributed by atoms with Gasteiger partial charge in [-0.3, -0.25) is 14.6 Å². The van der Waals surface area contributed by atoms with E-state index in [4.69, 9.17) is 4.98 Å². The summed E-state index contributed by atoms with van der Waals surface area (Å²) in [5.74, 6) is 0.629. The van der Waals surface area contributed by atoms with Crippen LogP contribution < -0.4 is 15.5 Å². The number of hydrogen-bond acceptors (Lipinski definition) is 4. The van der Waals surface area contributed by atoms with Crippen molar-refractivity contribution in [3.63, 3.8) is 0 Å². The van der Waals surface area contributed by atoms with Gasteiger partial charge in [-0.2, -0.15) is 0 Å². The molecule has 1 fully saturated rings. The number of carbonyl (C=O) groups excluding carboxylic acids is 2. The van der Waals surface area contributed by atoms with Gasteiger partial charge in [-0.25, -0.2) is 0 Å². The van der Waals surface area contributed by atoms with Crippen molar-refractivity contribution in [2.24, 2.45) is 11.8 Å². The molecular formula is C28H30N4O2. The summed E-state index contributed by atoms with van der Waals surface area (Å²) in [5.41, 5.74) is 4.14. The maximum absolute atomic E-state index is 12.8. The van der Waals surface area contributed by atoms with E-state index in [1.165, 1.54) is 0 Å². The second-order valence-corrected chi connectivity index (χ2v) is 9.32. The Labute approximate surface area is 200 Å². The van der Waals surface area contributed by atoms with Gasteiger partial charge in [0.15, 0.2) is 0 Å². The van der Waals surface area contributed by atoms with Crippen LogP contribution in [0.15, 0.2) is 72.8 Å². The Morgan fingerprint density at radius 2 is 1.65 bits per heavy atom. The molecule has 5 rings (SSSR count). The van der Waals surface area contributed by atoms with E-state index in [2.05, 4.69) is 29.7 Å². The molecule has 0 unspecified atom stereocenters. The van der Waals surface area contributed by atoms with Gasteiger partial charge in [-0.15, -0.1) is 0 Å². The third kappa shape index (κ3) is 4.40. The maximum Gasteiger partial charge on any atom is 0.251 e. The van der Waals surface area contributed by atoms with Crippen LogP contribution in [0.2, 0.25) is 0 Å². The first-order chi connectivity index (χ1) is 16.5. The lowest BCUT2D eigenvalue weighted by atomic mass is 9.82. The first kappa shape index (κ1) is 22.1. The third-order valence-electron chi connectivity index (χ3n) is 6.88. The van der Waals surface area contributed by atoms with Gasteiger partial charge in [-0.05, 0) is 55.2 Å². The second kappa shape index (κ2) is 9.29. The molecule has 2 aliphatic rings. The van der Waals surface area contributed by atoms with Gasteiger partial charge in [-0.1, -0.05) is 43.3 Å². The van der Waals surface area contributed by atoms with Gasteiger partial charge in [0.25, 0.3) is 5.91 Å². The van der Waals surface area contributed by atoms with Crippen molar-refractivity contribution < 1.29 is 9.59 Å². The minimum atomic E-state index is -0.133. The zero-order valence-corrected chi connectivity index (χ0v) is 19.6. The van der Waals surface area contributed by atoms with Crippen LogP contribution in [0.25, 0.3) is 0 Å². The zero-order chi connectivity index (χ0) is 23.7. The fraction of sp³-hybridized carbons (Fsp3) is 0.321. The van der Waals surface area contributed by atoms with Crippen LogP contribution in [-0.4, -0.2) is 22.8 Å². The Bertz CT molecular complexity index is 1180. The monoisotopic (exact) mass is 454 g/mol. The highest BCUT2D eigenvalue weighted by Crippen LogP contribution is 2.49. The van der Waals surface area contributed by atoms with E-state index in [1.54, 1.807) is 19.1 Å². The van der Waals surface area contributed by atoms with E-state index in [0.29, 0.717) is 18.0 Å². The first-order valence-electron chi connectivity index (χ1n) is 12.0. The van der Waals surface area contributed by atoms with Gasteiger partial charge in [0, 0.05) is 30.1 Å². The number of anilines is 2. The Balaban J connectivity index is 1.47. The number of pyridine rings is 1. The number of rotatable bonds is 6. The fourth-order valence-electron chi connectivity index (χ4n) is 5.12. The predicted molar refractivity (Wildman–Crippen MR) is 133 cm³/mol. The molecule has 1 aromatic heterocycles. The molecule has 2 amide bonds. The van der Waals surface area contributed by atoms with Crippen molar-refractivity contribution >= 4 is 23.2 Å². The number of aromatic nitrogens is 1. The van der Waals surface area contributed by atoms with Gasteiger partial charge in [0.05, 0.1) is 29.7 Å². The molecule has 3 atom stereocenters. The number of para-hydroxylation sites is 1. The molecule has 2 heterocycles. The molecule has 34 heavy (non-hydrogen) atoms. The third-order valence-corrected chi connectivity index (χ3v) is 6.88. The Hall–Kier alpha value is -3.67. The molecule has 0 spiro atoms. The van der Waals surface area contributed by atoms with Crippen molar-refractivity contribution in [1.29, 1.82) is 0 Å². The largest absolute Gasteiger partial charge is 0.376 e. The van der Waals surface area contributed by atoms with Crippen molar-refractivity contribution in [1.82, 2.24) is 10.3 Å². The topological polar surface area (TPSA) is 74.3 Å². The van der Waals surface area contributed by atoms with E-state index in [9.17, 15) is 9.59 Å². The maximum atomic E-state index is 12.8. The molecule has 0 saturated heterocycles. The lowest BCUT2D eigenvalue weighted by molar-refractivity contribution is -0.117. The molecule has 6 heteroatoms. The van der Waals surface area contributed by atoms with Gasteiger partial charge < -0.3 is 15.5 Å². The van der Waals surface area contributed by atoms with Gasteiger partial charge >= 0.3 is 0 Å². The molecule has 2 aromatic carbocycles. The van der Waals surface area contributed by atoms with Crippen LogP contribution in [-0.2, 0) is 11.3 Å². The molecule has 174 valence electrons. The SMILES string of the molecule is CC(=O)N1c2ccc(CNC(=O)c3ccccc3)nc2[C@H](Nc2ccccc2)[C@@H](C)[C@@H]1C1CC1. The number of fused-ring (bicyclic) bond motifs is 1. The zero-order valence-electron chi connectivity index (χ0n) is 19.6. The molecule has 1 aliphatic carbocycles. The van der Waals surface area contributed by atoms with Crippen LogP contribution >= 0.6 is 0 Å². The minimum Gasteiger partial charge on any atom is -0.376 e. The number of hydrogen-bond donors (Lipinski definition) is 2. The summed E-state index contributed by atoms with van der Waals surface area (Å²) in [4.78, 5) is 32.3. The summed E-state index contributed by atoms with van der Waals surface area (Å²) < 4.78 is 0. The van der Waals surface area contributed by atoms with Crippen LogP contribution in [0.4, 0.5) is 11.4 Å². The van der Waals surface area contributed by atoms with Crippen molar-refractivity contribution in [2.45, 2.75) is 45.3 Å². The van der Waals surface area contributed by atoms with E-state index in [0.717, 1.165) is 35.6 Å². The predicted octanol–water partition coefficient (Wildman–Crippen LogP) is 4.95. The summed E-state index contributed by atoms with van der Waals surface area (Å²) in [7, 11) is 0. The van der Waals surface area contributed by atoms with Crippen molar-refractivity contribution in [2.75, 3.05) is 10.2 Å². The average molecular weight is 455 g/mol. The van der Waals surface area contributed by atoms with E-state index >= 15 is 0 Å². The Morgan fingerprint density at radius 1 is 0.971 bits per heavy atom. The highest BCUT2D eigenvalue weighted by Gasteiger charge is 2.48. The van der Waals surface area contributed by atoms with E-state index in [1.807, 2.05) is 53.4 Å². The summed E-state index contributed by atoms with van der Waals surface area (Å²) in [6.45, 7) is 4.18. The number of amides is 2. The van der Waals surface area contributed by atoms with Crippen LogP contribution in [0, 0.1) is 11.8 Å². The fourth-order valence-corrected chi connectivity index (χ4v) is 5.12. The van der Waals surface area contributed by atoms with Gasteiger partial charge in [0.1, 0.15) is 0 Å². The molecule has 1 aliphatic heterocycles. The number of carbonyl (C=O) groups is 2. The molecule has 3 aromatic rings. The lowest BCUT2D eigenvalue weighted by Crippen LogP contribution is -2.51. The van der Waals surface area contributed by atoms with E-state index < -0.39 is 0 Å². The Kier molecular flexibility index (Phi) is 6.05. The summed E-state index contributed by atoms with van der Waals surface area (Å²) in [6, 6.07) is 23.3. The smallest absolute Gasteiger partial charge is 0.251 e. The highest BCUT2D eigenvalue weighted by molar-refractivity contribution is 5.94. The standard InChI is InChI=1S/C28H30N4O2/c1-18-25(30-22-11-7-4-8-12-22)26-24(32(19(2)33)27(18)20-13-14-20)16-15-23(31-26)17-29-28(34)21-9-5-3-6-10-21/h3-12,15-16,18,20,25,27,30H,13-14,17H2,1-2H3,(H,29,34)/t18-,25-,27-/m1/s1. The normalized spacial score (nSPS) is 21.5. The van der Waals surface area contributed by atoms with Gasteiger partial charge in [0.2, 0.25) is 5.91 Å². The van der Waals surface area contributed by atoms with Crippen LogP contribution in [0.5, 0.6) is 0 Å². The molecule has 2 N–H and O–H groups in total. The second-order valence-electron chi connectivity index (χ2n) is 9.32. The molecule has 0 radical (unpaired) electrons. The molecule has 0 bridgehead atoms. The number of nitrogens with zero attached hydrogens (tertiary/aromatic N) is 2. The first-order valence-corrected chi connectivity index (χ1v) is 12.0. The number of nitrogens with one attached hydrogen (secondary N) is 2. The van der Waals surface area contributed by atoms with Crippen molar-refractivity contribution in [3.05, 3.63) is 89.7 Å². The number of benzene rings is 2. The lowest BCUT2D eigenvalue weighted by Gasteiger charge is -2.45. The molecular weight excluding hydrogens is 424 g/mol. The minimum absolute atomic E-state index is 0.0385. The Morgan fingerprint density at radius 3 is 2.29 bits per heavy atom. The highest BCUT2D eigenvalue weighted by atomic mass is 16.2. The summed E-state index contributed by atoms with van der Waals surface area (Å²) >= 11 is 0. The van der Waals surface area contributed by atoms with Crippen molar-refractivity contribution in [3.8, 4) is 0 Å². The molecule has 1 saturated carbocycles. The van der Waals surface area contributed by atoms with E-state index in [-0.39, 0.29) is 29.8 Å². The van der Waals surface area contributed by atoms with Crippen LogP contribution in [0.1, 0.15) is 54.5 Å². The van der Waals surface area contributed by atoms with Crippen LogP contribution in [0.3, 0.4) is 0 Å². The molecule has 6 nitrogen and oxygen atoms in total.